The van der Waals surface area contributed by atoms with Crippen molar-refractivity contribution in [1.29, 1.82) is 0 Å². The predicted molar refractivity (Wildman–Crippen MR) is 86.0 cm³/mol. The Labute approximate surface area is 138 Å². The Morgan fingerprint density at radius 3 is 2.96 bits per heavy atom. The van der Waals surface area contributed by atoms with Crippen LogP contribution in [0.5, 0.6) is 5.75 Å². The van der Waals surface area contributed by atoms with E-state index in [1.165, 1.54) is 0 Å². The van der Waals surface area contributed by atoms with Crippen LogP contribution >= 0.6 is 0 Å². The third-order valence-corrected chi connectivity index (χ3v) is 3.19. The highest BCUT2D eigenvalue weighted by molar-refractivity contribution is 5.77. The molecular formula is C17H16N4O3. The maximum absolute atomic E-state index is 11.9. The number of ether oxygens (including phenoxy) is 1. The van der Waals surface area contributed by atoms with Gasteiger partial charge in [-0.05, 0) is 36.8 Å². The number of aryl methyl sites for hydroxylation is 1. The first-order valence-electron chi connectivity index (χ1n) is 7.40. The molecule has 2 aromatic heterocycles. The van der Waals surface area contributed by atoms with Crippen LogP contribution in [0, 0.1) is 6.92 Å². The number of hydrogen-bond donors (Lipinski definition) is 1. The second-order valence-corrected chi connectivity index (χ2v) is 5.10. The number of nitrogens with zero attached hydrogens (tertiary/aromatic N) is 3. The van der Waals surface area contributed by atoms with Gasteiger partial charge in [0.05, 0.1) is 0 Å². The van der Waals surface area contributed by atoms with Crippen LogP contribution in [0.15, 0.2) is 53.3 Å². The van der Waals surface area contributed by atoms with Gasteiger partial charge in [0.25, 0.3) is 11.8 Å². The van der Waals surface area contributed by atoms with Gasteiger partial charge in [0.2, 0.25) is 0 Å². The van der Waals surface area contributed by atoms with Crippen LogP contribution in [-0.4, -0.2) is 27.6 Å². The van der Waals surface area contributed by atoms with Crippen molar-refractivity contribution in [2.24, 2.45) is 0 Å². The van der Waals surface area contributed by atoms with Crippen LogP contribution in [-0.2, 0) is 11.3 Å². The third-order valence-electron chi connectivity index (χ3n) is 3.19. The quantitative estimate of drug-likeness (QED) is 0.747. The zero-order valence-corrected chi connectivity index (χ0v) is 13.1. The fourth-order valence-electron chi connectivity index (χ4n) is 2.04. The molecule has 0 saturated carbocycles. The maximum atomic E-state index is 11.9. The minimum absolute atomic E-state index is 0.0768. The van der Waals surface area contributed by atoms with Gasteiger partial charge in [-0.3, -0.25) is 9.78 Å². The van der Waals surface area contributed by atoms with Crippen molar-refractivity contribution in [3.63, 3.8) is 0 Å². The van der Waals surface area contributed by atoms with Gasteiger partial charge in [0.1, 0.15) is 5.75 Å². The van der Waals surface area contributed by atoms with Crippen molar-refractivity contribution >= 4 is 5.91 Å². The van der Waals surface area contributed by atoms with Gasteiger partial charge in [0.15, 0.2) is 12.4 Å². The summed E-state index contributed by atoms with van der Waals surface area (Å²) in [6.45, 7) is 2.09. The Kier molecular flexibility index (Phi) is 4.81. The van der Waals surface area contributed by atoms with E-state index in [-0.39, 0.29) is 12.5 Å². The van der Waals surface area contributed by atoms with Gasteiger partial charge in [-0.1, -0.05) is 17.3 Å². The molecule has 0 bridgehead atoms. The molecule has 0 aliphatic rings. The highest BCUT2D eigenvalue weighted by Crippen LogP contribution is 2.22. The molecule has 0 unspecified atom stereocenters. The fraction of sp³-hybridized carbons (Fsp3) is 0.176. The maximum Gasteiger partial charge on any atom is 0.258 e. The van der Waals surface area contributed by atoms with Crippen LogP contribution in [0.3, 0.4) is 0 Å². The molecule has 1 N–H and O–H groups in total. The monoisotopic (exact) mass is 324 g/mol. The predicted octanol–water partition coefficient (Wildman–Crippen LogP) is 2.14. The van der Waals surface area contributed by atoms with Crippen molar-refractivity contribution in [2.75, 3.05) is 6.61 Å². The molecule has 24 heavy (non-hydrogen) atoms. The van der Waals surface area contributed by atoms with E-state index in [0.29, 0.717) is 24.0 Å². The highest BCUT2D eigenvalue weighted by Gasteiger charge is 2.08. The molecule has 2 heterocycles. The first-order valence-corrected chi connectivity index (χ1v) is 7.40. The molecule has 0 atom stereocenters. The second-order valence-electron chi connectivity index (χ2n) is 5.10. The molecule has 1 amide bonds. The lowest BCUT2D eigenvalue weighted by Crippen LogP contribution is -2.28. The summed E-state index contributed by atoms with van der Waals surface area (Å²) in [5.74, 6) is 1.32. The Hall–Kier alpha value is -3.22. The summed E-state index contributed by atoms with van der Waals surface area (Å²) in [6.07, 6.45) is 3.39. The van der Waals surface area contributed by atoms with Crippen molar-refractivity contribution in [3.8, 4) is 17.2 Å². The SMILES string of the molecule is Cc1noc(-c2cccc(OCC(=O)NCc3cccnc3)c2)n1. The van der Waals surface area contributed by atoms with E-state index in [9.17, 15) is 4.79 Å². The number of aromatic nitrogens is 3. The molecule has 3 aromatic rings. The number of rotatable bonds is 6. The van der Waals surface area contributed by atoms with Gasteiger partial charge in [-0.25, -0.2) is 0 Å². The lowest BCUT2D eigenvalue weighted by atomic mass is 10.2. The van der Waals surface area contributed by atoms with Crippen molar-refractivity contribution in [1.82, 2.24) is 20.4 Å². The number of carbonyl (C=O) groups excluding carboxylic acids is 1. The molecule has 0 aliphatic heterocycles. The van der Waals surface area contributed by atoms with E-state index in [2.05, 4.69) is 20.4 Å². The molecule has 1 aromatic carbocycles. The molecule has 0 spiro atoms. The van der Waals surface area contributed by atoms with E-state index < -0.39 is 0 Å². The second kappa shape index (κ2) is 7.36. The number of benzene rings is 1. The molecule has 0 aliphatic carbocycles. The Morgan fingerprint density at radius 1 is 1.29 bits per heavy atom. The Balaban J connectivity index is 1.54. The van der Waals surface area contributed by atoms with Crippen LogP contribution in [0.4, 0.5) is 0 Å². The van der Waals surface area contributed by atoms with Gasteiger partial charge < -0.3 is 14.6 Å². The molecule has 0 saturated heterocycles. The Bertz CT molecular complexity index is 817. The molecule has 7 heteroatoms. The van der Waals surface area contributed by atoms with Crippen LogP contribution < -0.4 is 10.1 Å². The molecule has 0 fully saturated rings. The van der Waals surface area contributed by atoms with E-state index >= 15 is 0 Å². The summed E-state index contributed by atoms with van der Waals surface area (Å²) >= 11 is 0. The first-order chi connectivity index (χ1) is 11.7. The lowest BCUT2D eigenvalue weighted by Gasteiger charge is -2.08. The molecule has 3 rings (SSSR count). The zero-order valence-electron chi connectivity index (χ0n) is 13.1. The van der Waals surface area contributed by atoms with Crippen LogP contribution in [0.25, 0.3) is 11.5 Å². The van der Waals surface area contributed by atoms with Gasteiger partial charge >= 0.3 is 0 Å². The Morgan fingerprint density at radius 2 is 2.21 bits per heavy atom. The highest BCUT2D eigenvalue weighted by atomic mass is 16.5. The van der Waals surface area contributed by atoms with Crippen molar-refractivity contribution < 1.29 is 14.1 Å². The molecule has 7 nitrogen and oxygen atoms in total. The number of amides is 1. The molecule has 0 radical (unpaired) electrons. The molecule has 122 valence electrons. The fourth-order valence-corrected chi connectivity index (χ4v) is 2.04. The van der Waals surface area contributed by atoms with Crippen LogP contribution in [0.1, 0.15) is 11.4 Å². The van der Waals surface area contributed by atoms with Crippen molar-refractivity contribution in [2.45, 2.75) is 13.5 Å². The summed E-state index contributed by atoms with van der Waals surface area (Å²) in [6, 6.07) is 10.9. The number of hydrogen-bond acceptors (Lipinski definition) is 6. The average Bonchev–Trinajstić information content (AvgIpc) is 3.06. The average molecular weight is 324 g/mol. The molecular weight excluding hydrogens is 308 g/mol. The third kappa shape index (κ3) is 4.16. The summed E-state index contributed by atoms with van der Waals surface area (Å²) in [5, 5.41) is 6.53. The van der Waals surface area contributed by atoms with Gasteiger partial charge in [0, 0.05) is 24.5 Å². The summed E-state index contributed by atoms with van der Waals surface area (Å²) in [7, 11) is 0. The van der Waals surface area contributed by atoms with E-state index in [1.54, 1.807) is 37.5 Å². The smallest absolute Gasteiger partial charge is 0.258 e. The van der Waals surface area contributed by atoms with Crippen LogP contribution in [0.2, 0.25) is 0 Å². The zero-order chi connectivity index (χ0) is 16.8. The largest absolute Gasteiger partial charge is 0.484 e. The summed E-state index contributed by atoms with van der Waals surface area (Å²) in [5.41, 5.74) is 1.67. The topological polar surface area (TPSA) is 90.1 Å². The van der Waals surface area contributed by atoms with E-state index in [1.807, 2.05) is 18.2 Å². The van der Waals surface area contributed by atoms with Gasteiger partial charge in [-0.15, -0.1) is 0 Å². The van der Waals surface area contributed by atoms with Gasteiger partial charge in [-0.2, -0.15) is 4.98 Å². The minimum atomic E-state index is -0.210. The number of nitrogens with one attached hydrogen (secondary N) is 1. The standard InChI is InChI=1S/C17H16N4O3/c1-12-20-17(24-21-12)14-5-2-6-15(8-14)23-11-16(22)19-10-13-4-3-7-18-9-13/h2-9H,10-11H2,1H3,(H,19,22). The van der Waals surface area contributed by atoms with E-state index in [4.69, 9.17) is 9.26 Å². The summed E-state index contributed by atoms with van der Waals surface area (Å²) < 4.78 is 10.6. The summed E-state index contributed by atoms with van der Waals surface area (Å²) in [4.78, 5) is 20.0. The van der Waals surface area contributed by atoms with Crippen molar-refractivity contribution in [3.05, 3.63) is 60.2 Å². The minimum Gasteiger partial charge on any atom is -0.484 e. The lowest BCUT2D eigenvalue weighted by molar-refractivity contribution is -0.123. The normalized spacial score (nSPS) is 10.4. The number of carbonyl (C=O) groups is 1. The number of pyridine rings is 1. The van der Waals surface area contributed by atoms with E-state index in [0.717, 1.165) is 11.1 Å². The first kappa shape index (κ1) is 15.7.